The van der Waals surface area contributed by atoms with Crippen molar-refractivity contribution in [2.24, 2.45) is 0 Å². The summed E-state index contributed by atoms with van der Waals surface area (Å²) in [6.45, 7) is 3.19. The molecule has 1 unspecified atom stereocenters. The van der Waals surface area contributed by atoms with Crippen LogP contribution in [0.25, 0.3) is 0 Å². The quantitative estimate of drug-likeness (QED) is 0.703. The maximum Gasteiger partial charge on any atom is 0.282 e. The first-order valence-electron chi connectivity index (χ1n) is 5.93. The molecule has 0 saturated carbocycles. The normalized spacial score (nSPS) is 23.2. The molecule has 0 aromatic rings. The van der Waals surface area contributed by atoms with Crippen molar-refractivity contribution in [1.82, 2.24) is 8.61 Å². The van der Waals surface area contributed by atoms with Crippen LogP contribution in [0.2, 0.25) is 0 Å². The minimum Gasteiger partial charge on any atom is -0.195 e. The summed E-state index contributed by atoms with van der Waals surface area (Å²) < 4.78 is 27.8. The van der Waals surface area contributed by atoms with E-state index in [1.54, 1.807) is 4.31 Å². The first-order chi connectivity index (χ1) is 8.04. The lowest BCUT2D eigenvalue weighted by molar-refractivity contribution is 0.247. The van der Waals surface area contributed by atoms with Crippen molar-refractivity contribution in [2.45, 2.75) is 32.2 Å². The van der Waals surface area contributed by atoms with E-state index in [1.807, 2.05) is 6.92 Å². The highest BCUT2D eigenvalue weighted by Crippen LogP contribution is 2.22. The zero-order valence-corrected chi connectivity index (χ0v) is 12.4. The predicted octanol–water partition coefficient (Wildman–Crippen LogP) is 1.89. The number of halogens is 2. The summed E-state index contributed by atoms with van der Waals surface area (Å²) in [6.07, 6.45) is 2.95. The summed E-state index contributed by atoms with van der Waals surface area (Å²) in [5.74, 6) is 0.580. The van der Waals surface area contributed by atoms with Crippen LogP contribution in [0.5, 0.6) is 0 Å². The summed E-state index contributed by atoms with van der Waals surface area (Å²) in [7, 11) is -3.40. The Hall–Kier alpha value is 0.450. The zero-order chi connectivity index (χ0) is 12.9. The Morgan fingerprint density at radius 2 is 1.82 bits per heavy atom. The fourth-order valence-corrected chi connectivity index (χ4v) is 4.56. The molecule has 17 heavy (non-hydrogen) atoms. The van der Waals surface area contributed by atoms with E-state index in [1.165, 1.54) is 4.31 Å². The Kier molecular flexibility index (Phi) is 6.51. The van der Waals surface area contributed by atoms with Gasteiger partial charge in [0.2, 0.25) is 0 Å². The second kappa shape index (κ2) is 7.14. The fraction of sp³-hybridized carbons (Fsp3) is 1.00. The standard InChI is InChI=1S/C10H20Cl2N2O2S/c1-10-4-2-3-7-14(10)17(15,16)13(8-5-11)9-6-12/h10H,2-9H2,1H3. The van der Waals surface area contributed by atoms with E-state index in [0.29, 0.717) is 31.4 Å². The predicted molar refractivity (Wildman–Crippen MR) is 72.0 cm³/mol. The van der Waals surface area contributed by atoms with Gasteiger partial charge in [0.25, 0.3) is 10.2 Å². The van der Waals surface area contributed by atoms with Crippen molar-refractivity contribution in [3.05, 3.63) is 0 Å². The first-order valence-corrected chi connectivity index (χ1v) is 8.39. The number of piperidine rings is 1. The van der Waals surface area contributed by atoms with Crippen LogP contribution in [0.4, 0.5) is 0 Å². The van der Waals surface area contributed by atoms with Gasteiger partial charge in [-0.1, -0.05) is 6.42 Å². The third-order valence-electron chi connectivity index (χ3n) is 3.03. The SMILES string of the molecule is CC1CCCCN1S(=O)(=O)N(CCCl)CCCl. The van der Waals surface area contributed by atoms with Gasteiger partial charge in [-0.25, -0.2) is 0 Å². The third-order valence-corrected chi connectivity index (χ3v) is 5.52. The van der Waals surface area contributed by atoms with E-state index < -0.39 is 10.2 Å². The second-order valence-electron chi connectivity index (χ2n) is 4.24. The van der Waals surface area contributed by atoms with Crippen molar-refractivity contribution in [1.29, 1.82) is 0 Å². The highest BCUT2D eigenvalue weighted by Gasteiger charge is 2.33. The van der Waals surface area contributed by atoms with E-state index in [-0.39, 0.29) is 6.04 Å². The molecule has 0 spiro atoms. The molecule has 1 aliphatic rings. The molecule has 0 radical (unpaired) electrons. The van der Waals surface area contributed by atoms with Gasteiger partial charge in [-0.3, -0.25) is 0 Å². The molecule has 4 nitrogen and oxygen atoms in total. The largest absolute Gasteiger partial charge is 0.282 e. The van der Waals surface area contributed by atoms with Crippen molar-refractivity contribution in [3.63, 3.8) is 0 Å². The highest BCUT2D eigenvalue weighted by atomic mass is 35.5. The number of hydrogen-bond acceptors (Lipinski definition) is 2. The molecule has 0 bridgehead atoms. The molecule has 7 heteroatoms. The van der Waals surface area contributed by atoms with Gasteiger partial charge < -0.3 is 0 Å². The van der Waals surface area contributed by atoms with E-state index in [0.717, 1.165) is 19.3 Å². The molecule has 0 amide bonds. The molecule has 0 N–H and O–H groups in total. The Balaban J connectivity index is 2.81. The summed E-state index contributed by atoms with van der Waals surface area (Å²) in [5, 5.41) is 0. The molecule has 102 valence electrons. The highest BCUT2D eigenvalue weighted by molar-refractivity contribution is 7.86. The Bertz CT molecular complexity index is 318. The molecule has 0 aromatic heterocycles. The minimum atomic E-state index is -3.40. The summed E-state index contributed by atoms with van der Waals surface area (Å²) in [6, 6.07) is 0.0712. The van der Waals surface area contributed by atoms with E-state index in [2.05, 4.69) is 0 Å². The van der Waals surface area contributed by atoms with Crippen LogP contribution in [0.1, 0.15) is 26.2 Å². The van der Waals surface area contributed by atoms with Crippen LogP contribution in [-0.2, 0) is 10.2 Å². The lowest BCUT2D eigenvalue weighted by Gasteiger charge is -2.36. The lowest BCUT2D eigenvalue weighted by Crippen LogP contribution is -2.50. The maximum atomic E-state index is 12.4. The van der Waals surface area contributed by atoms with E-state index in [4.69, 9.17) is 23.2 Å². The molecular formula is C10H20Cl2N2O2S. The van der Waals surface area contributed by atoms with E-state index >= 15 is 0 Å². The molecule has 0 aliphatic carbocycles. The molecule has 0 aromatic carbocycles. The monoisotopic (exact) mass is 302 g/mol. The number of alkyl halides is 2. The maximum absolute atomic E-state index is 12.4. The Morgan fingerprint density at radius 3 is 2.29 bits per heavy atom. The Morgan fingerprint density at radius 1 is 1.24 bits per heavy atom. The van der Waals surface area contributed by atoms with Crippen LogP contribution in [0, 0.1) is 0 Å². The van der Waals surface area contributed by atoms with Crippen LogP contribution in [0.15, 0.2) is 0 Å². The third kappa shape index (κ3) is 3.96. The number of nitrogens with zero attached hydrogens (tertiary/aromatic N) is 2. The fourth-order valence-electron chi connectivity index (χ4n) is 2.09. The second-order valence-corrected chi connectivity index (χ2v) is 6.88. The topological polar surface area (TPSA) is 40.6 Å². The summed E-state index contributed by atoms with van der Waals surface area (Å²) >= 11 is 11.3. The summed E-state index contributed by atoms with van der Waals surface area (Å²) in [4.78, 5) is 0. The average molecular weight is 303 g/mol. The molecule has 1 atom stereocenters. The number of rotatable bonds is 6. The van der Waals surface area contributed by atoms with Crippen LogP contribution >= 0.6 is 23.2 Å². The van der Waals surface area contributed by atoms with Gasteiger partial charge in [0.1, 0.15) is 0 Å². The molecule has 1 rings (SSSR count). The van der Waals surface area contributed by atoms with Crippen LogP contribution in [-0.4, -0.2) is 54.5 Å². The molecule has 1 fully saturated rings. The number of hydrogen-bond donors (Lipinski definition) is 0. The van der Waals surface area contributed by atoms with Gasteiger partial charge in [0, 0.05) is 37.4 Å². The molecule has 1 aliphatic heterocycles. The molecule has 1 saturated heterocycles. The van der Waals surface area contributed by atoms with Gasteiger partial charge in [-0.05, 0) is 19.8 Å². The van der Waals surface area contributed by atoms with Crippen molar-refractivity contribution in [2.75, 3.05) is 31.4 Å². The van der Waals surface area contributed by atoms with E-state index in [9.17, 15) is 8.42 Å². The van der Waals surface area contributed by atoms with Crippen molar-refractivity contribution >= 4 is 33.4 Å². The van der Waals surface area contributed by atoms with Gasteiger partial charge in [0.05, 0.1) is 0 Å². The van der Waals surface area contributed by atoms with Gasteiger partial charge >= 0.3 is 0 Å². The lowest BCUT2D eigenvalue weighted by atomic mass is 10.1. The Labute approximate surface area is 114 Å². The average Bonchev–Trinajstić information content (AvgIpc) is 2.29. The smallest absolute Gasteiger partial charge is 0.195 e. The van der Waals surface area contributed by atoms with Crippen molar-refractivity contribution in [3.8, 4) is 0 Å². The summed E-state index contributed by atoms with van der Waals surface area (Å²) in [5.41, 5.74) is 0. The molecular weight excluding hydrogens is 283 g/mol. The first kappa shape index (κ1) is 15.5. The van der Waals surface area contributed by atoms with Gasteiger partial charge in [-0.2, -0.15) is 17.0 Å². The van der Waals surface area contributed by atoms with Gasteiger partial charge in [0.15, 0.2) is 0 Å². The van der Waals surface area contributed by atoms with Crippen molar-refractivity contribution < 1.29 is 8.42 Å². The molecule has 1 heterocycles. The van der Waals surface area contributed by atoms with Crippen LogP contribution in [0.3, 0.4) is 0 Å². The van der Waals surface area contributed by atoms with Gasteiger partial charge in [-0.15, -0.1) is 23.2 Å². The van der Waals surface area contributed by atoms with Crippen LogP contribution < -0.4 is 0 Å². The zero-order valence-electron chi connectivity index (χ0n) is 10.1. The minimum absolute atomic E-state index is 0.0712.